The van der Waals surface area contributed by atoms with Gasteiger partial charge in [-0.2, -0.15) is 0 Å². The van der Waals surface area contributed by atoms with Crippen molar-refractivity contribution in [3.05, 3.63) is 0 Å². The summed E-state index contributed by atoms with van der Waals surface area (Å²) in [6.07, 6.45) is 6.24. The lowest BCUT2D eigenvalue weighted by Crippen LogP contribution is -2.64. The zero-order chi connectivity index (χ0) is 14.0. The van der Waals surface area contributed by atoms with Crippen molar-refractivity contribution >= 4 is 11.8 Å². The largest absolute Gasteiger partial charge is 0.343 e. The van der Waals surface area contributed by atoms with Gasteiger partial charge in [0.2, 0.25) is 11.8 Å². The van der Waals surface area contributed by atoms with Gasteiger partial charge < -0.3 is 10.2 Å². The van der Waals surface area contributed by atoms with Gasteiger partial charge in [-0.3, -0.25) is 9.59 Å². The Kier molecular flexibility index (Phi) is 4.48. The standard InChI is InChI=1S/C15H26N2O2/c1-10(2)13-14(18)16-11(3)15(19)17(13)9-12-7-5-4-6-8-12/h10-13H,4-9H2,1-3H3,(H,16,18). The van der Waals surface area contributed by atoms with Crippen molar-refractivity contribution in [2.75, 3.05) is 6.54 Å². The Morgan fingerprint density at radius 3 is 2.42 bits per heavy atom. The second kappa shape index (κ2) is 5.93. The Labute approximate surface area is 115 Å². The normalized spacial score (nSPS) is 29.8. The summed E-state index contributed by atoms with van der Waals surface area (Å²) in [4.78, 5) is 26.4. The molecule has 1 saturated heterocycles. The Morgan fingerprint density at radius 1 is 1.21 bits per heavy atom. The molecule has 1 N–H and O–H groups in total. The minimum atomic E-state index is -0.369. The van der Waals surface area contributed by atoms with Crippen LogP contribution in [0.1, 0.15) is 52.9 Å². The van der Waals surface area contributed by atoms with Crippen molar-refractivity contribution in [3.8, 4) is 0 Å². The molecule has 2 amide bonds. The molecule has 1 saturated carbocycles. The fraction of sp³-hybridized carbons (Fsp3) is 0.867. The third-order valence-electron chi connectivity index (χ3n) is 4.43. The number of nitrogens with zero attached hydrogens (tertiary/aromatic N) is 1. The summed E-state index contributed by atoms with van der Waals surface area (Å²) >= 11 is 0. The predicted molar refractivity (Wildman–Crippen MR) is 74.5 cm³/mol. The van der Waals surface area contributed by atoms with E-state index in [-0.39, 0.29) is 29.8 Å². The van der Waals surface area contributed by atoms with E-state index in [9.17, 15) is 9.59 Å². The smallest absolute Gasteiger partial charge is 0.245 e. The molecule has 0 aromatic rings. The van der Waals surface area contributed by atoms with Crippen molar-refractivity contribution in [2.24, 2.45) is 11.8 Å². The predicted octanol–water partition coefficient (Wildman–Crippen LogP) is 1.94. The molecule has 0 aromatic carbocycles. The summed E-state index contributed by atoms with van der Waals surface area (Å²) in [7, 11) is 0. The van der Waals surface area contributed by atoms with Crippen LogP contribution in [0.25, 0.3) is 0 Å². The minimum absolute atomic E-state index is 0.0120. The van der Waals surface area contributed by atoms with E-state index in [1.807, 2.05) is 18.7 Å². The molecule has 0 aromatic heterocycles. The average Bonchev–Trinajstić information content (AvgIpc) is 2.36. The van der Waals surface area contributed by atoms with Crippen LogP contribution in [0.3, 0.4) is 0 Å². The van der Waals surface area contributed by atoms with Crippen LogP contribution >= 0.6 is 0 Å². The number of rotatable bonds is 3. The lowest BCUT2D eigenvalue weighted by molar-refractivity contribution is -0.151. The SMILES string of the molecule is CC1NC(=O)C(C(C)C)N(CC2CCCCC2)C1=O. The van der Waals surface area contributed by atoms with Gasteiger partial charge in [0, 0.05) is 6.54 Å². The third kappa shape index (κ3) is 3.10. The highest BCUT2D eigenvalue weighted by Crippen LogP contribution is 2.27. The van der Waals surface area contributed by atoms with E-state index in [2.05, 4.69) is 5.32 Å². The highest BCUT2D eigenvalue weighted by atomic mass is 16.2. The first-order valence-electron chi connectivity index (χ1n) is 7.61. The molecule has 0 radical (unpaired) electrons. The molecule has 1 heterocycles. The summed E-state index contributed by atoms with van der Waals surface area (Å²) in [6.45, 7) is 6.58. The molecule has 4 nitrogen and oxygen atoms in total. The fourth-order valence-electron chi connectivity index (χ4n) is 3.40. The zero-order valence-electron chi connectivity index (χ0n) is 12.3. The Balaban J connectivity index is 2.11. The van der Waals surface area contributed by atoms with E-state index in [0.717, 1.165) is 6.54 Å². The van der Waals surface area contributed by atoms with E-state index in [0.29, 0.717) is 5.92 Å². The molecule has 2 unspecified atom stereocenters. The Morgan fingerprint density at radius 2 is 1.84 bits per heavy atom. The lowest BCUT2D eigenvalue weighted by Gasteiger charge is -2.42. The first-order chi connectivity index (χ1) is 9.00. The van der Waals surface area contributed by atoms with Crippen LogP contribution in [0.15, 0.2) is 0 Å². The molecular weight excluding hydrogens is 240 g/mol. The molecule has 1 aliphatic heterocycles. The second-order valence-corrected chi connectivity index (χ2v) is 6.41. The number of carbonyl (C=O) groups is 2. The maximum absolute atomic E-state index is 12.4. The van der Waals surface area contributed by atoms with Crippen LogP contribution in [-0.4, -0.2) is 35.3 Å². The fourth-order valence-corrected chi connectivity index (χ4v) is 3.40. The Hall–Kier alpha value is -1.06. The molecular formula is C15H26N2O2. The van der Waals surface area contributed by atoms with E-state index >= 15 is 0 Å². The molecule has 2 atom stereocenters. The van der Waals surface area contributed by atoms with E-state index in [1.54, 1.807) is 6.92 Å². The van der Waals surface area contributed by atoms with E-state index in [1.165, 1.54) is 32.1 Å². The van der Waals surface area contributed by atoms with Crippen molar-refractivity contribution in [2.45, 2.75) is 65.0 Å². The van der Waals surface area contributed by atoms with Crippen LogP contribution < -0.4 is 5.32 Å². The molecule has 108 valence electrons. The summed E-state index contributed by atoms with van der Waals surface area (Å²) in [5, 5.41) is 2.80. The quantitative estimate of drug-likeness (QED) is 0.848. The number of hydrogen-bond acceptors (Lipinski definition) is 2. The topological polar surface area (TPSA) is 49.4 Å². The van der Waals surface area contributed by atoms with Crippen LogP contribution in [0.5, 0.6) is 0 Å². The number of hydrogen-bond donors (Lipinski definition) is 1. The molecule has 0 spiro atoms. The maximum Gasteiger partial charge on any atom is 0.245 e. The van der Waals surface area contributed by atoms with Gasteiger partial charge >= 0.3 is 0 Å². The van der Waals surface area contributed by atoms with Gasteiger partial charge in [-0.25, -0.2) is 0 Å². The maximum atomic E-state index is 12.4. The third-order valence-corrected chi connectivity index (χ3v) is 4.43. The molecule has 1 aliphatic carbocycles. The number of carbonyl (C=O) groups excluding carboxylic acids is 2. The van der Waals surface area contributed by atoms with Gasteiger partial charge in [0.05, 0.1) is 0 Å². The van der Waals surface area contributed by atoms with Gasteiger partial charge in [-0.15, -0.1) is 0 Å². The minimum Gasteiger partial charge on any atom is -0.343 e. The molecule has 2 rings (SSSR count). The van der Waals surface area contributed by atoms with Crippen LogP contribution in [0.2, 0.25) is 0 Å². The van der Waals surface area contributed by atoms with Gasteiger partial charge in [-0.05, 0) is 31.6 Å². The highest BCUT2D eigenvalue weighted by Gasteiger charge is 2.40. The molecule has 4 heteroatoms. The summed E-state index contributed by atoms with van der Waals surface area (Å²) in [6, 6.07) is -0.656. The Bertz CT molecular complexity index is 348. The number of amides is 2. The van der Waals surface area contributed by atoms with Gasteiger partial charge in [0.25, 0.3) is 0 Å². The first-order valence-corrected chi connectivity index (χ1v) is 7.61. The van der Waals surface area contributed by atoms with E-state index in [4.69, 9.17) is 0 Å². The van der Waals surface area contributed by atoms with Gasteiger partial charge in [-0.1, -0.05) is 33.1 Å². The zero-order valence-corrected chi connectivity index (χ0v) is 12.3. The van der Waals surface area contributed by atoms with Crippen molar-refractivity contribution in [1.29, 1.82) is 0 Å². The molecule has 19 heavy (non-hydrogen) atoms. The van der Waals surface area contributed by atoms with Crippen LogP contribution in [0.4, 0.5) is 0 Å². The van der Waals surface area contributed by atoms with Crippen LogP contribution in [-0.2, 0) is 9.59 Å². The molecule has 0 bridgehead atoms. The summed E-state index contributed by atoms with van der Waals surface area (Å²) in [5.74, 6) is 0.846. The van der Waals surface area contributed by atoms with Gasteiger partial charge in [0.1, 0.15) is 12.1 Å². The second-order valence-electron chi connectivity index (χ2n) is 6.41. The van der Waals surface area contributed by atoms with Crippen LogP contribution in [0, 0.1) is 11.8 Å². The number of nitrogens with one attached hydrogen (secondary N) is 1. The summed E-state index contributed by atoms with van der Waals surface area (Å²) in [5.41, 5.74) is 0. The van der Waals surface area contributed by atoms with Crippen molar-refractivity contribution in [1.82, 2.24) is 10.2 Å². The average molecular weight is 266 g/mol. The molecule has 2 fully saturated rings. The van der Waals surface area contributed by atoms with Gasteiger partial charge in [0.15, 0.2) is 0 Å². The number of piperazine rings is 1. The lowest BCUT2D eigenvalue weighted by atomic mass is 9.87. The van der Waals surface area contributed by atoms with Crippen molar-refractivity contribution in [3.63, 3.8) is 0 Å². The molecule has 2 aliphatic rings. The van der Waals surface area contributed by atoms with E-state index < -0.39 is 0 Å². The highest BCUT2D eigenvalue weighted by molar-refractivity contribution is 5.96. The summed E-state index contributed by atoms with van der Waals surface area (Å²) < 4.78 is 0. The first kappa shape index (κ1) is 14.4. The monoisotopic (exact) mass is 266 g/mol. The van der Waals surface area contributed by atoms with Crippen molar-refractivity contribution < 1.29 is 9.59 Å².